The van der Waals surface area contributed by atoms with Gasteiger partial charge in [-0.3, -0.25) is 4.79 Å². The summed E-state index contributed by atoms with van der Waals surface area (Å²) in [5, 5.41) is 0. The highest BCUT2D eigenvalue weighted by molar-refractivity contribution is 7.14. The predicted molar refractivity (Wildman–Crippen MR) is 60.1 cm³/mol. The third-order valence-corrected chi connectivity index (χ3v) is 3.89. The first kappa shape index (κ1) is 9.91. The molecule has 0 aromatic carbocycles. The summed E-state index contributed by atoms with van der Waals surface area (Å²) in [5.74, 6) is 0.289. The molecule has 1 aromatic heterocycles. The molecule has 0 N–H and O–H groups in total. The fraction of sp³-hybridized carbons (Fsp3) is 0.583. The molecule has 76 valence electrons. The summed E-state index contributed by atoms with van der Waals surface area (Å²) in [6.45, 7) is 5.96. The van der Waals surface area contributed by atoms with Crippen molar-refractivity contribution < 1.29 is 4.79 Å². The second kappa shape index (κ2) is 3.20. The van der Waals surface area contributed by atoms with E-state index in [1.807, 2.05) is 20.8 Å². The maximum atomic E-state index is 12.0. The van der Waals surface area contributed by atoms with Crippen molar-refractivity contribution in [2.24, 2.45) is 5.41 Å². The second-order valence-corrected chi connectivity index (χ2v) is 6.13. The number of carbonyl (C=O) groups is 1. The van der Waals surface area contributed by atoms with E-state index in [1.165, 1.54) is 29.7 Å². The van der Waals surface area contributed by atoms with Crippen LogP contribution in [0, 0.1) is 5.41 Å². The Kier molecular flexibility index (Phi) is 2.26. The van der Waals surface area contributed by atoms with E-state index in [9.17, 15) is 4.79 Å². The monoisotopic (exact) mass is 208 g/mol. The zero-order chi connectivity index (χ0) is 10.3. The van der Waals surface area contributed by atoms with Gasteiger partial charge in [0, 0.05) is 10.3 Å². The van der Waals surface area contributed by atoms with Crippen LogP contribution < -0.4 is 0 Å². The fourth-order valence-corrected chi connectivity index (χ4v) is 3.21. The van der Waals surface area contributed by atoms with E-state index in [1.54, 1.807) is 11.3 Å². The van der Waals surface area contributed by atoms with Gasteiger partial charge in [0.2, 0.25) is 0 Å². The fourth-order valence-electron chi connectivity index (χ4n) is 1.81. The second-order valence-electron chi connectivity index (χ2n) is 4.99. The average Bonchev–Trinajstić information content (AvgIpc) is 2.58. The summed E-state index contributed by atoms with van der Waals surface area (Å²) >= 11 is 1.71. The molecule has 1 heterocycles. The molecule has 0 saturated heterocycles. The Morgan fingerprint density at radius 3 is 2.64 bits per heavy atom. The molecule has 0 radical (unpaired) electrons. The van der Waals surface area contributed by atoms with Gasteiger partial charge in [0.25, 0.3) is 0 Å². The molecule has 0 amide bonds. The quantitative estimate of drug-likeness (QED) is 0.646. The molecule has 1 aliphatic rings. The molecule has 0 atom stereocenters. The molecule has 2 heteroatoms. The lowest BCUT2D eigenvalue weighted by Gasteiger charge is -2.14. The minimum Gasteiger partial charge on any atom is -0.293 e. The van der Waals surface area contributed by atoms with Gasteiger partial charge in [-0.05, 0) is 30.9 Å². The third-order valence-electron chi connectivity index (χ3n) is 2.65. The summed E-state index contributed by atoms with van der Waals surface area (Å²) in [7, 11) is 0. The SMILES string of the molecule is CC(C)(C)C(=O)c1cc2c(s1)CCC2. The van der Waals surface area contributed by atoms with Crippen molar-refractivity contribution in [3.63, 3.8) is 0 Å². The third kappa shape index (κ3) is 1.63. The Morgan fingerprint density at radius 2 is 2.07 bits per heavy atom. The van der Waals surface area contributed by atoms with Crippen LogP contribution in [0.4, 0.5) is 0 Å². The van der Waals surface area contributed by atoms with Gasteiger partial charge < -0.3 is 0 Å². The van der Waals surface area contributed by atoms with E-state index >= 15 is 0 Å². The number of carbonyl (C=O) groups excluding carboxylic acids is 1. The van der Waals surface area contributed by atoms with Crippen LogP contribution in [-0.2, 0) is 12.8 Å². The summed E-state index contributed by atoms with van der Waals surface area (Å²) in [4.78, 5) is 14.4. The van der Waals surface area contributed by atoms with Crippen molar-refractivity contribution in [1.29, 1.82) is 0 Å². The number of fused-ring (bicyclic) bond motifs is 1. The normalized spacial score (nSPS) is 15.6. The highest BCUT2D eigenvalue weighted by Gasteiger charge is 2.26. The van der Waals surface area contributed by atoms with Crippen molar-refractivity contribution >= 4 is 17.1 Å². The highest BCUT2D eigenvalue weighted by Crippen LogP contribution is 2.33. The van der Waals surface area contributed by atoms with Gasteiger partial charge >= 0.3 is 0 Å². The molecule has 0 aliphatic heterocycles. The number of ketones is 1. The van der Waals surface area contributed by atoms with Gasteiger partial charge in [-0.15, -0.1) is 11.3 Å². The van der Waals surface area contributed by atoms with E-state index < -0.39 is 0 Å². The Labute approximate surface area is 89.1 Å². The maximum absolute atomic E-state index is 12.0. The lowest BCUT2D eigenvalue weighted by Crippen LogP contribution is -2.18. The summed E-state index contributed by atoms with van der Waals surface area (Å²) in [6.07, 6.45) is 3.62. The van der Waals surface area contributed by atoms with Gasteiger partial charge in [0.1, 0.15) is 0 Å². The number of rotatable bonds is 1. The molecule has 1 nitrogen and oxygen atoms in total. The lowest BCUT2D eigenvalue weighted by atomic mass is 9.90. The first-order chi connectivity index (χ1) is 6.48. The minimum absolute atomic E-state index is 0.238. The summed E-state index contributed by atoms with van der Waals surface area (Å²) in [6, 6.07) is 2.11. The molecule has 0 spiro atoms. The van der Waals surface area contributed by atoms with Crippen LogP contribution in [0.1, 0.15) is 47.3 Å². The van der Waals surface area contributed by atoms with Crippen LogP contribution in [0.5, 0.6) is 0 Å². The van der Waals surface area contributed by atoms with Crippen LogP contribution in [0.2, 0.25) is 0 Å². The molecule has 0 saturated carbocycles. The van der Waals surface area contributed by atoms with Gasteiger partial charge in [0.15, 0.2) is 5.78 Å². The number of aryl methyl sites for hydroxylation is 2. The zero-order valence-corrected chi connectivity index (χ0v) is 9.83. The largest absolute Gasteiger partial charge is 0.293 e. The molecule has 1 aromatic rings. The first-order valence-corrected chi connectivity index (χ1v) is 5.96. The number of hydrogen-bond acceptors (Lipinski definition) is 2. The van der Waals surface area contributed by atoms with Gasteiger partial charge in [-0.25, -0.2) is 0 Å². The van der Waals surface area contributed by atoms with Gasteiger partial charge in [-0.1, -0.05) is 20.8 Å². The van der Waals surface area contributed by atoms with Crippen molar-refractivity contribution in [2.75, 3.05) is 0 Å². The number of hydrogen-bond donors (Lipinski definition) is 0. The predicted octanol–water partition coefficient (Wildman–Crippen LogP) is 3.47. The lowest BCUT2D eigenvalue weighted by molar-refractivity contribution is 0.0862. The molecule has 1 aliphatic carbocycles. The van der Waals surface area contributed by atoms with Crippen LogP contribution in [0.15, 0.2) is 6.07 Å². The van der Waals surface area contributed by atoms with Crippen molar-refractivity contribution in [3.8, 4) is 0 Å². The zero-order valence-electron chi connectivity index (χ0n) is 9.02. The van der Waals surface area contributed by atoms with Crippen LogP contribution in [-0.4, -0.2) is 5.78 Å². The molecule has 0 unspecified atom stereocenters. The topological polar surface area (TPSA) is 17.1 Å². The Balaban J connectivity index is 2.30. The molecule has 0 bridgehead atoms. The molecule has 2 rings (SSSR count). The summed E-state index contributed by atoms with van der Waals surface area (Å²) < 4.78 is 0. The Bertz CT molecular complexity index is 347. The van der Waals surface area contributed by atoms with Crippen molar-refractivity contribution in [1.82, 2.24) is 0 Å². The average molecular weight is 208 g/mol. The Hall–Kier alpha value is -0.630. The molecular formula is C12H16OS. The van der Waals surface area contributed by atoms with E-state index in [2.05, 4.69) is 6.07 Å². The molecular weight excluding hydrogens is 192 g/mol. The standard InChI is InChI=1S/C12H16OS/c1-12(2,3)11(13)10-7-8-5-4-6-9(8)14-10/h7H,4-6H2,1-3H3. The van der Waals surface area contributed by atoms with Crippen LogP contribution >= 0.6 is 11.3 Å². The summed E-state index contributed by atoms with van der Waals surface area (Å²) in [5.41, 5.74) is 1.18. The number of Topliss-reactive ketones (excluding diaryl/α,β-unsaturated/α-hetero) is 1. The number of thiophene rings is 1. The maximum Gasteiger partial charge on any atom is 0.178 e. The smallest absolute Gasteiger partial charge is 0.178 e. The Morgan fingerprint density at radius 1 is 1.36 bits per heavy atom. The highest BCUT2D eigenvalue weighted by atomic mass is 32.1. The minimum atomic E-state index is -0.238. The van der Waals surface area contributed by atoms with Gasteiger partial charge in [0.05, 0.1) is 4.88 Å². The van der Waals surface area contributed by atoms with Crippen molar-refractivity contribution in [2.45, 2.75) is 40.0 Å². The van der Waals surface area contributed by atoms with Crippen LogP contribution in [0.25, 0.3) is 0 Å². The molecule has 0 fully saturated rings. The van der Waals surface area contributed by atoms with Gasteiger partial charge in [-0.2, -0.15) is 0 Å². The van der Waals surface area contributed by atoms with Crippen LogP contribution in [0.3, 0.4) is 0 Å². The van der Waals surface area contributed by atoms with E-state index in [-0.39, 0.29) is 11.2 Å². The molecule has 14 heavy (non-hydrogen) atoms. The van der Waals surface area contributed by atoms with Crippen molar-refractivity contribution in [3.05, 3.63) is 21.4 Å². The van der Waals surface area contributed by atoms with E-state index in [0.717, 1.165) is 4.88 Å². The van der Waals surface area contributed by atoms with E-state index in [0.29, 0.717) is 0 Å². The first-order valence-electron chi connectivity index (χ1n) is 5.15. The van der Waals surface area contributed by atoms with E-state index in [4.69, 9.17) is 0 Å².